The number of furan rings is 1. The van der Waals surface area contributed by atoms with E-state index in [0.29, 0.717) is 29.8 Å². The number of allylic oxidation sites excluding steroid dienone is 3. The smallest absolute Gasteiger partial charge is 0.164 e. The second kappa shape index (κ2) is 8.79. The van der Waals surface area contributed by atoms with Crippen molar-refractivity contribution in [1.29, 1.82) is 5.26 Å². The van der Waals surface area contributed by atoms with Crippen LogP contribution < -0.4 is 10.6 Å². The molecule has 6 heteroatoms. The van der Waals surface area contributed by atoms with Crippen molar-refractivity contribution in [2.45, 2.75) is 64.9 Å². The van der Waals surface area contributed by atoms with Gasteiger partial charge in [0.15, 0.2) is 10.9 Å². The predicted octanol–water partition coefficient (Wildman–Crippen LogP) is 6.20. The number of thioether (sulfide) groups is 1. The number of hydrogen-bond acceptors (Lipinski definition) is 6. The van der Waals surface area contributed by atoms with Gasteiger partial charge in [0.25, 0.3) is 0 Å². The van der Waals surface area contributed by atoms with E-state index >= 15 is 0 Å². The molecule has 0 fully saturated rings. The Kier molecular flexibility index (Phi) is 6.20. The van der Waals surface area contributed by atoms with E-state index < -0.39 is 5.92 Å². The number of rotatable bonds is 5. The Morgan fingerprint density at radius 1 is 1.24 bits per heavy atom. The number of ketones is 1. The van der Waals surface area contributed by atoms with E-state index in [4.69, 9.17) is 10.2 Å². The highest BCUT2D eigenvalue weighted by molar-refractivity contribution is 7.99. The second-order valence-corrected chi connectivity index (χ2v) is 10.8. The van der Waals surface area contributed by atoms with Crippen molar-refractivity contribution in [1.82, 2.24) is 0 Å². The number of benzene rings is 1. The fraction of sp³-hybridized carbons (Fsp3) is 0.407. The van der Waals surface area contributed by atoms with Crippen molar-refractivity contribution in [2.75, 3.05) is 10.7 Å². The summed E-state index contributed by atoms with van der Waals surface area (Å²) in [6, 6.07) is 12.5. The minimum absolute atomic E-state index is 0.0768. The lowest BCUT2D eigenvalue weighted by molar-refractivity contribution is -0.118. The van der Waals surface area contributed by atoms with E-state index in [0.717, 1.165) is 40.0 Å². The fourth-order valence-corrected chi connectivity index (χ4v) is 5.75. The molecule has 0 saturated heterocycles. The molecule has 1 atom stereocenters. The Bertz CT molecular complexity index is 1190. The fourth-order valence-electron chi connectivity index (χ4n) is 4.95. The molecule has 1 aliphatic heterocycles. The van der Waals surface area contributed by atoms with Gasteiger partial charge in [-0.05, 0) is 54.7 Å². The molecule has 2 aliphatic rings. The molecule has 0 saturated carbocycles. The van der Waals surface area contributed by atoms with Crippen LogP contribution >= 0.6 is 11.8 Å². The zero-order valence-electron chi connectivity index (χ0n) is 20.0. The van der Waals surface area contributed by atoms with Gasteiger partial charge in [0.2, 0.25) is 0 Å². The summed E-state index contributed by atoms with van der Waals surface area (Å²) in [6.45, 7) is 10.3. The van der Waals surface area contributed by atoms with Crippen molar-refractivity contribution < 1.29 is 9.21 Å². The maximum atomic E-state index is 13.7. The maximum Gasteiger partial charge on any atom is 0.164 e. The van der Waals surface area contributed by atoms with Crippen molar-refractivity contribution in [2.24, 2.45) is 11.1 Å². The molecule has 2 heterocycles. The first-order valence-corrected chi connectivity index (χ1v) is 12.5. The predicted molar refractivity (Wildman–Crippen MR) is 133 cm³/mol. The van der Waals surface area contributed by atoms with E-state index in [-0.39, 0.29) is 11.2 Å². The summed E-state index contributed by atoms with van der Waals surface area (Å²) in [4.78, 5) is 15.6. The first-order valence-electron chi connectivity index (χ1n) is 11.5. The highest BCUT2D eigenvalue weighted by Crippen LogP contribution is 2.51. The molecule has 0 spiro atoms. The largest absolute Gasteiger partial charge is 0.455 e. The lowest BCUT2D eigenvalue weighted by atomic mass is 9.69. The lowest BCUT2D eigenvalue weighted by Gasteiger charge is -2.43. The first-order chi connectivity index (χ1) is 15.7. The van der Waals surface area contributed by atoms with E-state index in [1.165, 1.54) is 5.56 Å². The van der Waals surface area contributed by atoms with E-state index in [9.17, 15) is 10.1 Å². The van der Waals surface area contributed by atoms with Gasteiger partial charge in [-0.1, -0.05) is 51.6 Å². The van der Waals surface area contributed by atoms with Crippen LogP contribution in [0, 0.1) is 23.7 Å². The first kappa shape index (κ1) is 23.3. The van der Waals surface area contributed by atoms with Crippen molar-refractivity contribution in [3.63, 3.8) is 0 Å². The number of Topliss-reactive ketones (excluding diaryl/α,β-unsaturated/α-hetero) is 1. The Morgan fingerprint density at radius 2 is 1.94 bits per heavy atom. The Balaban J connectivity index is 1.98. The molecule has 0 radical (unpaired) electrons. The standard InChI is InChI=1S/C27H31N3O2S/c1-6-17-8-10-18(11-9-17)30-21-13-27(4,5)14-22(31)24(21)23(20(15-28)25(30)29)19-12-16(3)32-26(19)33-7-2/h8-12,23H,6-7,13-14,29H2,1-5H3. The highest BCUT2D eigenvalue weighted by atomic mass is 32.2. The van der Waals surface area contributed by atoms with Gasteiger partial charge in [0.1, 0.15) is 11.6 Å². The number of nitriles is 1. The molecule has 0 amide bonds. The molecule has 5 nitrogen and oxygen atoms in total. The molecule has 2 aromatic rings. The van der Waals surface area contributed by atoms with Crippen LogP contribution in [0.1, 0.15) is 63.3 Å². The maximum absolute atomic E-state index is 13.7. The third-order valence-electron chi connectivity index (χ3n) is 6.42. The van der Waals surface area contributed by atoms with Crippen molar-refractivity contribution >= 4 is 23.2 Å². The van der Waals surface area contributed by atoms with E-state index in [2.05, 4.69) is 45.9 Å². The van der Waals surface area contributed by atoms with Crippen LogP contribution in [0.5, 0.6) is 0 Å². The monoisotopic (exact) mass is 461 g/mol. The third-order valence-corrected chi connectivity index (χ3v) is 7.29. The van der Waals surface area contributed by atoms with Crippen LogP contribution in [0.2, 0.25) is 0 Å². The summed E-state index contributed by atoms with van der Waals surface area (Å²) in [5.41, 5.74) is 11.5. The van der Waals surface area contributed by atoms with Crippen LogP contribution in [0.25, 0.3) is 0 Å². The Labute approximate surface area is 200 Å². The number of nitrogens with two attached hydrogens (primary N) is 1. The Morgan fingerprint density at radius 3 is 2.55 bits per heavy atom. The molecule has 33 heavy (non-hydrogen) atoms. The highest BCUT2D eigenvalue weighted by Gasteiger charge is 2.45. The number of anilines is 1. The third kappa shape index (κ3) is 4.11. The minimum Gasteiger partial charge on any atom is -0.455 e. The van der Waals surface area contributed by atoms with Gasteiger partial charge in [0.05, 0.1) is 17.6 Å². The van der Waals surface area contributed by atoms with Crippen LogP contribution in [0.4, 0.5) is 5.69 Å². The van der Waals surface area contributed by atoms with Crippen LogP contribution in [0.3, 0.4) is 0 Å². The molecule has 0 bridgehead atoms. The van der Waals surface area contributed by atoms with E-state index in [1.54, 1.807) is 11.8 Å². The van der Waals surface area contributed by atoms with Crippen LogP contribution in [-0.4, -0.2) is 11.5 Å². The number of hydrogen-bond donors (Lipinski definition) is 1. The van der Waals surface area contributed by atoms with Gasteiger partial charge < -0.3 is 10.2 Å². The number of carbonyl (C=O) groups is 1. The normalized spacial score (nSPS) is 20.2. The van der Waals surface area contributed by atoms with Gasteiger partial charge in [-0.3, -0.25) is 9.69 Å². The SMILES string of the molecule is CCSc1oc(C)cc1C1C(C#N)=C(N)N(c2ccc(CC)cc2)C2=C1C(=O)CC(C)(C)C2. The molecule has 4 rings (SSSR count). The molecule has 1 aliphatic carbocycles. The zero-order valence-corrected chi connectivity index (χ0v) is 20.8. The van der Waals surface area contributed by atoms with Gasteiger partial charge in [0, 0.05) is 28.9 Å². The molecule has 1 aromatic heterocycles. The van der Waals surface area contributed by atoms with Crippen LogP contribution in [0.15, 0.2) is 62.5 Å². The molecular weight excluding hydrogens is 430 g/mol. The number of nitrogens with zero attached hydrogens (tertiary/aromatic N) is 2. The van der Waals surface area contributed by atoms with E-state index in [1.807, 2.05) is 30.0 Å². The minimum atomic E-state index is -0.508. The molecule has 1 aromatic carbocycles. The summed E-state index contributed by atoms with van der Waals surface area (Å²) < 4.78 is 5.97. The average Bonchev–Trinajstić information content (AvgIpc) is 3.12. The number of aryl methyl sites for hydroxylation is 2. The summed E-state index contributed by atoms with van der Waals surface area (Å²) in [5, 5.41) is 11.0. The lowest BCUT2D eigenvalue weighted by Crippen LogP contribution is -2.42. The van der Waals surface area contributed by atoms with Crippen molar-refractivity contribution in [3.8, 4) is 6.07 Å². The number of carbonyl (C=O) groups excluding carboxylic acids is 1. The van der Waals surface area contributed by atoms with Crippen molar-refractivity contribution in [3.05, 3.63) is 69.9 Å². The van der Waals surface area contributed by atoms with Gasteiger partial charge >= 0.3 is 0 Å². The van der Waals surface area contributed by atoms with Gasteiger partial charge in [-0.25, -0.2) is 0 Å². The van der Waals surface area contributed by atoms with Crippen LogP contribution in [-0.2, 0) is 11.2 Å². The Hall–Kier alpha value is -2.91. The summed E-state index contributed by atoms with van der Waals surface area (Å²) in [5.74, 6) is 1.55. The summed E-state index contributed by atoms with van der Waals surface area (Å²) in [6.07, 6.45) is 2.08. The average molecular weight is 462 g/mol. The quantitative estimate of drug-likeness (QED) is 0.534. The second-order valence-electron chi connectivity index (χ2n) is 9.53. The summed E-state index contributed by atoms with van der Waals surface area (Å²) >= 11 is 1.58. The van der Waals surface area contributed by atoms with Gasteiger partial charge in [-0.2, -0.15) is 5.26 Å². The molecular formula is C27H31N3O2S. The van der Waals surface area contributed by atoms with Gasteiger partial charge in [-0.15, -0.1) is 0 Å². The topological polar surface area (TPSA) is 83.3 Å². The molecule has 1 unspecified atom stereocenters. The molecule has 172 valence electrons. The molecule has 2 N–H and O–H groups in total. The summed E-state index contributed by atoms with van der Waals surface area (Å²) in [7, 11) is 0. The zero-order chi connectivity index (χ0) is 23.9.